The normalized spacial score (nSPS) is 15.0. The summed E-state index contributed by atoms with van der Waals surface area (Å²) >= 11 is 0. The number of aromatic nitrogens is 2. The van der Waals surface area contributed by atoms with E-state index in [9.17, 15) is 17.6 Å². The van der Waals surface area contributed by atoms with Crippen LogP contribution in [0.25, 0.3) is 0 Å². The number of nitrogens with zero attached hydrogens (tertiary/aromatic N) is 4. The number of ether oxygens (including phenoxy) is 1. The minimum absolute atomic E-state index is 0.0836. The second kappa shape index (κ2) is 10.0. The number of rotatable bonds is 8. The zero-order valence-corrected chi connectivity index (χ0v) is 18.4. The van der Waals surface area contributed by atoms with Crippen molar-refractivity contribution >= 4 is 33.1 Å². The van der Waals surface area contributed by atoms with Gasteiger partial charge in [-0.05, 0) is 25.1 Å². The zero-order valence-electron chi connectivity index (χ0n) is 17.5. The van der Waals surface area contributed by atoms with Crippen LogP contribution in [-0.4, -0.2) is 74.8 Å². The number of halogens is 1. The molecule has 1 N–H and O–H groups in total. The summed E-state index contributed by atoms with van der Waals surface area (Å²) in [6.45, 7) is 5.88. The molecule has 9 nitrogen and oxygen atoms in total. The fourth-order valence-electron chi connectivity index (χ4n) is 3.24. The molecule has 3 rings (SSSR count). The molecular formula is C20H26FN5O4S. The van der Waals surface area contributed by atoms with Crippen LogP contribution in [0.15, 0.2) is 35.5 Å². The van der Waals surface area contributed by atoms with Gasteiger partial charge in [-0.25, -0.2) is 22.8 Å². The van der Waals surface area contributed by atoms with Gasteiger partial charge in [0.05, 0.1) is 23.6 Å². The van der Waals surface area contributed by atoms with Crippen molar-refractivity contribution in [3.63, 3.8) is 0 Å². The molecule has 0 radical (unpaired) electrons. The van der Waals surface area contributed by atoms with E-state index in [0.717, 1.165) is 38.5 Å². The highest BCUT2D eigenvalue weighted by atomic mass is 32.2. The average molecular weight is 452 g/mol. The summed E-state index contributed by atoms with van der Waals surface area (Å²) in [5.41, 5.74) is 0.126. The average Bonchev–Trinajstić information content (AvgIpc) is 2.74. The first-order valence-corrected chi connectivity index (χ1v) is 11.9. The van der Waals surface area contributed by atoms with Crippen LogP contribution in [0, 0.1) is 5.82 Å². The quantitative estimate of drug-likeness (QED) is 0.602. The van der Waals surface area contributed by atoms with Crippen LogP contribution in [0.1, 0.15) is 13.3 Å². The van der Waals surface area contributed by atoms with Crippen LogP contribution in [0.5, 0.6) is 0 Å². The number of carbonyl (C=O) groups is 1. The summed E-state index contributed by atoms with van der Waals surface area (Å²) in [6, 6.07) is 5.42. The van der Waals surface area contributed by atoms with E-state index in [2.05, 4.69) is 25.1 Å². The van der Waals surface area contributed by atoms with Crippen molar-refractivity contribution in [1.82, 2.24) is 14.9 Å². The summed E-state index contributed by atoms with van der Waals surface area (Å²) in [4.78, 5) is 24.2. The molecule has 0 spiro atoms. The minimum atomic E-state index is -3.48. The number of hydrogen-bond donors (Lipinski definition) is 1. The van der Waals surface area contributed by atoms with Crippen molar-refractivity contribution in [3.05, 3.63) is 36.4 Å². The Hall–Kier alpha value is -2.79. The molecule has 1 fully saturated rings. The van der Waals surface area contributed by atoms with Crippen LogP contribution >= 0.6 is 0 Å². The molecule has 0 bridgehead atoms. The fourth-order valence-corrected chi connectivity index (χ4v) is 3.87. The van der Waals surface area contributed by atoms with E-state index in [1.807, 2.05) is 0 Å². The van der Waals surface area contributed by atoms with Crippen molar-refractivity contribution in [2.24, 2.45) is 0 Å². The van der Waals surface area contributed by atoms with Crippen molar-refractivity contribution in [2.45, 2.75) is 18.2 Å². The van der Waals surface area contributed by atoms with Gasteiger partial charge < -0.3 is 15.0 Å². The Bertz CT molecular complexity index is 1030. The van der Waals surface area contributed by atoms with Crippen molar-refractivity contribution in [2.75, 3.05) is 55.8 Å². The van der Waals surface area contributed by atoms with Crippen molar-refractivity contribution in [1.29, 1.82) is 0 Å². The third kappa shape index (κ3) is 6.34. The standard InChI is InChI=1S/C20H26FN5O4S/c1-3-30-20(27)6-7-25-8-10-26(11-9-25)19-13-18(22-14-23-19)24-17-5-4-15(12-16(17)21)31(2,28)29/h4-5,12-14H,3,6-11H2,1-2H3,(H,22,23,24). The largest absolute Gasteiger partial charge is 0.466 e. The summed E-state index contributed by atoms with van der Waals surface area (Å²) in [7, 11) is -3.48. The number of esters is 1. The summed E-state index contributed by atoms with van der Waals surface area (Å²) in [5.74, 6) is 0.239. The third-order valence-electron chi connectivity index (χ3n) is 4.92. The van der Waals surface area contributed by atoms with Crippen molar-refractivity contribution in [3.8, 4) is 0 Å². The van der Waals surface area contributed by atoms with E-state index in [4.69, 9.17) is 4.74 Å². The number of nitrogens with one attached hydrogen (secondary N) is 1. The third-order valence-corrected chi connectivity index (χ3v) is 6.03. The van der Waals surface area contributed by atoms with Crippen LogP contribution in [0.2, 0.25) is 0 Å². The second-order valence-electron chi connectivity index (χ2n) is 7.18. The Labute approximate surface area is 181 Å². The van der Waals surface area contributed by atoms with E-state index < -0.39 is 15.7 Å². The lowest BCUT2D eigenvalue weighted by molar-refractivity contribution is -0.143. The molecule has 1 aromatic carbocycles. The Kier molecular flexibility index (Phi) is 7.39. The molecule has 0 aliphatic carbocycles. The van der Waals surface area contributed by atoms with Crippen LogP contribution in [0.4, 0.5) is 21.7 Å². The van der Waals surface area contributed by atoms with Gasteiger partial charge in [0.25, 0.3) is 0 Å². The molecule has 0 amide bonds. The SMILES string of the molecule is CCOC(=O)CCN1CCN(c2cc(Nc3ccc(S(C)(=O)=O)cc3F)ncn2)CC1. The highest BCUT2D eigenvalue weighted by Crippen LogP contribution is 2.24. The van der Waals surface area contributed by atoms with E-state index in [0.29, 0.717) is 31.2 Å². The molecule has 2 heterocycles. The second-order valence-corrected chi connectivity index (χ2v) is 9.20. The Morgan fingerprint density at radius 1 is 1.19 bits per heavy atom. The first-order valence-electron chi connectivity index (χ1n) is 9.98. The van der Waals surface area contributed by atoms with Crippen molar-refractivity contribution < 1.29 is 22.3 Å². The molecule has 0 saturated carbocycles. The topological polar surface area (TPSA) is 105 Å². The lowest BCUT2D eigenvalue weighted by atomic mass is 10.2. The zero-order chi connectivity index (χ0) is 22.4. The highest BCUT2D eigenvalue weighted by molar-refractivity contribution is 7.90. The maximum Gasteiger partial charge on any atom is 0.307 e. The fraction of sp³-hybridized carbons (Fsp3) is 0.450. The lowest BCUT2D eigenvalue weighted by Gasteiger charge is -2.35. The molecule has 11 heteroatoms. The van der Waals surface area contributed by atoms with Gasteiger partial charge in [-0.3, -0.25) is 9.69 Å². The van der Waals surface area contributed by atoms with E-state index in [1.54, 1.807) is 13.0 Å². The molecule has 1 aromatic heterocycles. The summed E-state index contributed by atoms with van der Waals surface area (Å²) in [5, 5.41) is 2.87. The molecule has 1 aliphatic rings. The molecule has 1 saturated heterocycles. The lowest BCUT2D eigenvalue weighted by Crippen LogP contribution is -2.47. The van der Waals surface area contributed by atoms with Gasteiger partial charge in [0.1, 0.15) is 23.8 Å². The summed E-state index contributed by atoms with van der Waals surface area (Å²) < 4.78 is 42.4. The van der Waals surface area contributed by atoms with Gasteiger partial charge >= 0.3 is 5.97 Å². The molecular weight excluding hydrogens is 425 g/mol. The number of piperazine rings is 1. The molecule has 168 valence electrons. The number of sulfone groups is 1. The molecule has 2 aromatic rings. The molecule has 0 atom stereocenters. The Balaban J connectivity index is 1.59. The van der Waals surface area contributed by atoms with E-state index >= 15 is 0 Å². The number of hydrogen-bond acceptors (Lipinski definition) is 9. The van der Waals surface area contributed by atoms with Gasteiger partial charge in [-0.2, -0.15) is 0 Å². The smallest absolute Gasteiger partial charge is 0.307 e. The molecule has 0 unspecified atom stereocenters. The van der Waals surface area contributed by atoms with Gasteiger partial charge in [-0.1, -0.05) is 0 Å². The van der Waals surface area contributed by atoms with E-state index in [-0.39, 0.29) is 16.6 Å². The monoisotopic (exact) mass is 451 g/mol. The highest BCUT2D eigenvalue weighted by Gasteiger charge is 2.19. The first kappa shape index (κ1) is 22.9. The Morgan fingerprint density at radius 3 is 2.58 bits per heavy atom. The summed E-state index contributed by atoms with van der Waals surface area (Å²) in [6.07, 6.45) is 2.80. The maximum atomic E-state index is 14.3. The minimum Gasteiger partial charge on any atom is -0.466 e. The molecule has 1 aliphatic heterocycles. The number of anilines is 3. The van der Waals surface area contributed by atoms with Crippen LogP contribution in [0.3, 0.4) is 0 Å². The first-order chi connectivity index (χ1) is 14.8. The van der Waals surface area contributed by atoms with E-state index in [1.165, 1.54) is 18.5 Å². The Morgan fingerprint density at radius 2 is 1.94 bits per heavy atom. The van der Waals surface area contributed by atoms with Gasteiger partial charge in [0.15, 0.2) is 9.84 Å². The molecule has 31 heavy (non-hydrogen) atoms. The van der Waals surface area contributed by atoms with Gasteiger partial charge in [0.2, 0.25) is 0 Å². The number of benzene rings is 1. The van der Waals surface area contributed by atoms with Gasteiger partial charge in [-0.15, -0.1) is 0 Å². The van der Waals surface area contributed by atoms with Gasteiger partial charge in [0, 0.05) is 45.0 Å². The predicted molar refractivity (Wildman–Crippen MR) is 115 cm³/mol. The van der Waals surface area contributed by atoms with Crippen LogP contribution in [-0.2, 0) is 19.4 Å². The van der Waals surface area contributed by atoms with Crippen LogP contribution < -0.4 is 10.2 Å². The maximum absolute atomic E-state index is 14.3. The predicted octanol–water partition coefficient (Wildman–Crippen LogP) is 1.84. The number of carbonyl (C=O) groups excluding carboxylic acids is 1.